The van der Waals surface area contributed by atoms with Crippen molar-refractivity contribution < 1.29 is 68.3 Å². The molecule has 0 saturated carbocycles. The molecule has 0 radical (unpaired) electrons. The van der Waals surface area contributed by atoms with Gasteiger partial charge in [-0.05, 0) is 78.0 Å². The van der Waals surface area contributed by atoms with Crippen molar-refractivity contribution in [2.75, 3.05) is 52.4 Å². The van der Waals surface area contributed by atoms with E-state index in [1.54, 1.807) is 0 Å². The van der Waals surface area contributed by atoms with Crippen molar-refractivity contribution in [1.82, 2.24) is 19.6 Å². The number of nitrogens with zero attached hydrogens (tertiary/aromatic N) is 8. The summed E-state index contributed by atoms with van der Waals surface area (Å²) in [6, 6.07) is 0. The second-order valence-electron chi connectivity index (χ2n) is 15.2. The third-order valence-electron chi connectivity index (χ3n) is 6.21. The molecule has 0 N–H and O–H groups in total. The molecule has 0 aromatic carbocycles. The first kappa shape index (κ1) is 59.5. The van der Waals surface area contributed by atoms with Crippen molar-refractivity contribution in [3.8, 4) is 0 Å². The van der Waals surface area contributed by atoms with Crippen LogP contribution in [0.25, 0.3) is 20.1 Å². The van der Waals surface area contributed by atoms with Crippen molar-refractivity contribution in [3.05, 3.63) is 20.1 Å². The fourth-order valence-corrected chi connectivity index (χ4v) is 21.4. The van der Waals surface area contributed by atoms with Gasteiger partial charge in [-0.25, -0.2) is 0 Å². The van der Waals surface area contributed by atoms with Crippen LogP contribution in [0.2, 0.25) is 78.6 Å². The summed E-state index contributed by atoms with van der Waals surface area (Å²) < 4.78 is 9.64. The predicted octanol–water partition coefficient (Wildman–Crippen LogP) is 8.75. The van der Waals surface area contributed by atoms with Crippen LogP contribution in [0.5, 0.6) is 0 Å². The quantitative estimate of drug-likeness (QED) is 0.139. The third kappa shape index (κ3) is 33.9. The molecular weight excluding hydrogens is 839 g/mol. The minimum Gasteiger partial charge on any atom is -0.668 e. The zero-order chi connectivity index (χ0) is 33.4. The molecule has 0 aliphatic carbocycles. The van der Waals surface area contributed by atoms with E-state index in [2.05, 4.69) is 116 Å². The molecule has 0 amide bonds. The maximum absolute atomic E-state index is 9.78. The van der Waals surface area contributed by atoms with Gasteiger partial charge in [0.2, 0.25) is 0 Å². The number of guanidine groups is 2. The van der Waals surface area contributed by atoms with Gasteiger partial charge in [-0.3, -0.25) is 0 Å². The summed E-state index contributed by atoms with van der Waals surface area (Å²) in [5, 5.41) is 19.6. The summed E-state index contributed by atoms with van der Waals surface area (Å²) in [6.45, 7) is 43.4. The normalized spacial score (nSPS) is 14.2. The smallest absolute Gasteiger partial charge is 0.668 e. The van der Waals surface area contributed by atoms with Crippen LogP contribution in [-0.4, -0.2) is 117 Å². The summed E-state index contributed by atoms with van der Waals surface area (Å²) in [4.78, 5) is 8.11. The molecule has 2 fully saturated rings. The van der Waals surface area contributed by atoms with Crippen LogP contribution in [0.4, 0.5) is 0 Å². The van der Waals surface area contributed by atoms with Crippen LogP contribution in [-0.2, 0) is 68.3 Å². The maximum atomic E-state index is 9.78. The van der Waals surface area contributed by atoms with E-state index in [-0.39, 0.29) is 68.3 Å². The second-order valence-corrected chi connectivity index (χ2v) is 34.4. The van der Waals surface area contributed by atoms with E-state index in [9.17, 15) is 10.8 Å². The molecule has 292 valence electrons. The van der Waals surface area contributed by atoms with E-state index in [0.717, 1.165) is 52.4 Å². The van der Waals surface area contributed by atoms with E-state index in [1.807, 2.05) is 9.80 Å². The van der Waals surface area contributed by atoms with Crippen molar-refractivity contribution in [3.63, 3.8) is 0 Å². The first-order valence-electron chi connectivity index (χ1n) is 16.6. The molecule has 16 heteroatoms. The Balaban J connectivity index is -0.000000114. The van der Waals surface area contributed by atoms with Crippen molar-refractivity contribution >= 4 is 44.9 Å². The van der Waals surface area contributed by atoms with Crippen molar-refractivity contribution in [2.24, 2.45) is 0 Å². The molecule has 2 rings (SSSR count). The van der Waals surface area contributed by atoms with Crippen LogP contribution in [0.15, 0.2) is 0 Å². The van der Waals surface area contributed by atoms with Crippen molar-refractivity contribution in [1.29, 1.82) is 0 Å². The number of rotatable bonds is 8. The minimum atomic E-state index is -1.11. The topological polar surface area (TPSA) is 85.8 Å². The van der Waals surface area contributed by atoms with Gasteiger partial charge in [-0.1, -0.05) is 139 Å². The Morgan fingerprint density at radius 3 is 0.739 bits per heavy atom. The van der Waals surface area contributed by atoms with Gasteiger partial charge in [0, 0.05) is 11.9 Å². The molecule has 0 aromatic heterocycles. The molecule has 2 saturated heterocycles. The van der Waals surface area contributed by atoms with E-state index in [4.69, 9.17) is 9.30 Å². The van der Waals surface area contributed by atoms with Crippen LogP contribution in [0.3, 0.4) is 0 Å². The Morgan fingerprint density at radius 2 is 0.630 bits per heavy atom. The third-order valence-corrected chi connectivity index (χ3v) is 16.9. The Morgan fingerprint density at radius 1 is 0.457 bits per heavy atom. The van der Waals surface area contributed by atoms with Gasteiger partial charge in [0.25, 0.3) is 0 Å². The molecule has 0 unspecified atom stereocenters. The zero-order valence-corrected chi connectivity index (χ0v) is 40.0. The Hall–Kier alpha value is 1.41. The van der Waals surface area contributed by atoms with Crippen LogP contribution >= 0.6 is 0 Å². The fraction of sp³-hybridized carbons (Fsp3) is 0.933. The molecule has 0 aromatic rings. The van der Waals surface area contributed by atoms with Gasteiger partial charge in [-0.2, -0.15) is 0 Å². The second kappa shape index (κ2) is 29.0. The number of likely N-dealkylation sites (tertiary alicyclic amines) is 2. The standard InChI is InChI=1S/2C9H18N3.2C6H18NSi2.4Cu/c2*1-3-11(4-2)9(10)12-7-5-6-8-12;2*1-8(2,3)7-9(4,5)6;;;;/h2*3-8H2,1-2H3;2*1-6H3;;;;/q4*-1;4*+1. The summed E-state index contributed by atoms with van der Waals surface area (Å²) in [6.07, 6.45) is 4.85. The average Bonchev–Trinajstić information content (AvgIpc) is 3.52. The molecule has 0 bridgehead atoms. The van der Waals surface area contributed by atoms with Crippen molar-refractivity contribution in [2.45, 2.75) is 132 Å². The Bertz CT molecular complexity index is 645. The summed E-state index contributed by atoms with van der Waals surface area (Å²) in [5.41, 5.74) is 0. The van der Waals surface area contributed by atoms with Gasteiger partial charge >= 0.3 is 68.3 Å². The molecule has 2 aliphatic heterocycles. The SMILES string of the molecule is CCN(CC)C(=[N-])N1CCCC1.CCN(CC)C(=[N-])N1CCCC1.C[Si](C)(C)[N-][Si](C)(C)C.C[Si](C)(C)[N-][Si](C)(C)C.[Cu+].[Cu+].[Cu+].[Cu+]. The summed E-state index contributed by atoms with van der Waals surface area (Å²) in [7, 11) is -4.42. The fourth-order valence-electron chi connectivity index (χ4n) is 5.26. The first-order chi connectivity index (χ1) is 19.0. The van der Waals surface area contributed by atoms with Crippen LogP contribution < -0.4 is 0 Å². The van der Waals surface area contributed by atoms with E-state index in [0.29, 0.717) is 11.9 Å². The largest absolute Gasteiger partial charge is 1.00 e. The molecule has 2 aliphatic rings. The summed E-state index contributed by atoms with van der Waals surface area (Å²) in [5.74, 6) is 0.940. The Kier molecular flexibility index (Phi) is 37.6. The Labute approximate surface area is 334 Å². The van der Waals surface area contributed by atoms with Crippen LogP contribution in [0, 0.1) is 0 Å². The van der Waals surface area contributed by atoms with E-state index < -0.39 is 32.9 Å². The van der Waals surface area contributed by atoms with Gasteiger partial charge in [-0.15, -0.1) is 0 Å². The monoisotopic (exact) mass is 908 g/mol. The molecule has 2 heterocycles. The molecular formula is C30H72Cu4N8Si4. The number of hydrogen-bond donors (Lipinski definition) is 0. The first-order valence-corrected chi connectivity index (χ1v) is 30.4. The molecule has 46 heavy (non-hydrogen) atoms. The van der Waals surface area contributed by atoms with Gasteiger partial charge < -0.3 is 39.7 Å². The molecule has 8 nitrogen and oxygen atoms in total. The molecule has 0 atom stereocenters. The minimum absolute atomic E-state index is 0. The predicted molar refractivity (Wildman–Crippen MR) is 204 cm³/mol. The maximum Gasteiger partial charge on any atom is 1.00 e. The zero-order valence-electron chi connectivity index (χ0n) is 32.3. The van der Waals surface area contributed by atoms with Gasteiger partial charge in [0.1, 0.15) is 0 Å². The van der Waals surface area contributed by atoms with Gasteiger partial charge in [0.05, 0.1) is 0 Å². The molecule has 0 spiro atoms. The number of hydrogen-bond acceptors (Lipinski definition) is 0. The average molecular weight is 911 g/mol. The van der Waals surface area contributed by atoms with E-state index in [1.165, 1.54) is 25.7 Å². The van der Waals surface area contributed by atoms with E-state index >= 15 is 0 Å². The van der Waals surface area contributed by atoms with Gasteiger partial charge in [0.15, 0.2) is 0 Å². The van der Waals surface area contributed by atoms with Crippen LogP contribution in [0.1, 0.15) is 53.4 Å². The summed E-state index contributed by atoms with van der Waals surface area (Å²) >= 11 is 0.